The van der Waals surface area contributed by atoms with E-state index in [2.05, 4.69) is 10.3 Å². The molecular weight excluding hydrogens is 238 g/mol. The molecule has 1 atom stereocenters. The summed E-state index contributed by atoms with van der Waals surface area (Å²) in [6, 6.07) is 0.397. The Morgan fingerprint density at radius 2 is 2.41 bits per heavy atom. The number of hydrogen-bond donors (Lipinski definition) is 1. The van der Waals surface area contributed by atoms with E-state index in [-0.39, 0.29) is 10.9 Å². The van der Waals surface area contributed by atoms with Crippen LogP contribution in [0.15, 0.2) is 17.2 Å². The average Bonchev–Trinajstić information content (AvgIpc) is 3.10. The fraction of sp³-hybridized carbons (Fsp3) is 0.667. The molecule has 0 aromatic carbocycles. The topological polar surface area (TPSA) is 46.9 Å². The molecule has 4 nitrogen and oxygen atoms in total. The third-order valence-electron chi connectivity index (χ3n) is 2.88. The molecule has 1 heterocycles. The zero-order chi connectivity index (χ0) is 12.3. The maximum Gasteiger partial charge on any atom is 0.293 e. The maximum absolute atomic E-state index is 12.0. The summed E-state index contributed by atoms with van der Waals surface area (Å²) in [6.07, 6.45) is 7.56. The van der Waals surface area contributed by atoms with Gasteiger partial charge in [0.2, 0.25) is 0 Å². The molecule has 1 fully saturated rings. The van der Waals surface area contributed by atoms with E-state index in [9.17, 15) is 4.79 Å². The minimum absolute atomic E-state index is 0.00563. The summed E-state index contributed by atoms with van der Waals surface area (Å²) in [5.41, 5.74) is -0.00563. The number of nitrogens with one attached hydrogen (secondary N) is 1. The second-order valence-corrected chi connectivity index (χ2v) is 5.31. The zero-order valence-electron chi connectivity index (χ0n) is 10.0. The molecule has 0 saturated heterocycles. The summed E-state index contributed by atoms with van der Waals surface area (Å²) in [5, 5.41) is 3.27. The molecule has 0 aliphatic heterocycles. The van der Waals surface area contributed by atoms with Crippen molar-refractivity contribution in [2.24, 2.45) is 0 Å². The van der Waals surface area contributed by atoms with Gasteiger partial charge in [-0.3, -0.25) is 4.79 Å². The summed E-state index contributed by atoms with van der Waals surface area (Å²) in [5.74, 6) is 0.460. The smallest absolute Gasteiger partial charge is 0.293 e. The molecule has 5 heteroatoms. The molecule has 1 saturated carbocycles. The van der Waals surface area contributed by atoms with Crippen LogP contribution in [-0.4, -0.2) is 21.5 Å². The van der Waals surface area contributed by atoms with Crippen molar-refractivity contribution >= 4 is 17.4 Å². The van der Waals surface area contributed by atoms with E-state index in [1.165, 1.54) is 0 Å². The fourth-order valence-corrected chi connectivity index (χ4v) is 1.93. The van der Waals surface area contributed by atoms with E-state index in [0.29, 0.717) is 11.9 Å². The lowest BCUT2D eigenvalue weighted by Gasteiger charge is -2.08. The molecule has 0 amide bonds. The molecule has 1 aromatic rings. The van der Waals surface area contributed by atoms with Gasteiger partial charge in [-0.1, -0.05) is 0 Å². The Labute approximate surface area is 106 Å². The summed E-state index contributed by atoms with van der Waals surface area (Å²) < 4.78 is 1.78. The number of aromatic nitrogens is 2. The highest BCUT2D eigenvalue weighted by atomic mass is 35.5. The first-order chi connectivity index (χ1) is 8.18. The van der Waals surface area contributed by atoms with Gasteiger partial charge in [-0.15, -0.1) is 11.6 Å². The lowest BCUT2D eigenvalue weighted by molar-refractivity contribution is 0.695. The molecule has 0 radical (unpaired) electrons. The molecule has 1 aliphatic carbocycles. The van der Waals surface area contributed by atoms with Crippen LogP contribution in [0.1, 0.15) is 38.6 Å². The van der Waals surface area contributed by atoms with Crippen LogP contribution in [0.3, 0.4) is 0 Å². The van der Waals surface area contributed by atoms with E-state index in [1.807, 2.05) is 6.92 Å². The lowest BCUT2D eigenvalue weighted by atomic mass is 10.2. The highest BCUT2D eigenvalue weighted by Gasteiger charge is 2.25. The van der Waals surface area contributed by atoms with E-state index in [4.69, 9.17) is 11.6 Å². The molecule has 2 rings (SSSR count). The first-order valence-electron chi connectivity index (χ1n) is 6.13. The third-order valence-corrected chi connectivity index (χ3v) is 3.10. The quantitative estimate of drug-likeness (QED) is 0.627. The number of rotatable bonds is 6. The van der Waals surface area contributed by atoms with Gasteiger partial charge >= 0.3 is 0 Å². The second-order valence-electron chi connectivity index (χ2n) is 4.57. The first-order valence-corrected chi connectivity index (χ1v) is 6.57. The Morgan fingerprint density at radius 3 is 3.06 bits per heavy atom. The van der Waals surface area contributed by atoms with Crippen LogP contribution in [0.25, 0.3) is 0 Å². The van der Waals surface area contributed by atoms with Crippen molar-refractivity contribution < 1.29 is 0 Å². The van der Waals surface area contributed by atoms with Crippen molar-refractivity contribution in [1.82, 2.24) is 9.55 Å². The average molecular weight is 256 g/mol. The van der Waals surface area contributed by atoms with Crippen LogP contribution in [0.5, 0.6) is 0 Å². The van der Waals surface area contributed by atoms with Crippen LogP contribution >= 0.6 is 11.6 Å². The van der Waals surface area contributed by atoms with Crippen molar-refractivity contribution in [2.75, 3.05) is 11.9 Å². The Kier molecular flexibility index (Phi) is 4.05. The Balaban J connectivity index is 1.92. The molecule has 94 valence electrons. The van der Waals surface area contributed by atoms with Crippen LogP contribution in [-0.2, 0) is 0 Å². The molecule has 1 N–H and O–H groups in total. The standard InChI is InChI=1S/C12H18ClN3O/c1-9(13)3-2-6-14-11-12(17)16(8-7-15-11)10-4-5-10/h7-10H,2-6H2,1H3,(H,14,15). The highest BCUT2D eigenvalue weighted by Crippen LogP contribution is 2.33. The second kappa shape index (κ2) is 5.54. The number of alkyl halides is 1. The van der Waals surface area contributed by atoms with Crippen LogP contribution in [0.2, 0.25) is 0 Å². The highest BCUT2D eigenvalue weighted by molar-refractivity contribution is 6.20. The first kappa shape index (κ1) is 12.4. The number of halogens is 1. The van der Waals surface area contributed by atoms with Crippen LogP contribution in [0, 0.1) is 0 Å². The van der Waals surface area contributed by atoms with Crippen LogP contribution < -0.4 is 10.9 Å². The number of nitrogens with zero attached hydrogens (tertiary/aromatic N) is 2. The molecule has 0 spiro atoms. The fourth-order valence-electron chi connectivity index (χ4n) is 1.78. The monoisotopic (exact) mass is 255 g/mol. The van der Waals surface area contributed by atoms with Crippen molar-refractivity contribution in [3.63, 3.8) is 0 Å². The van der Waals surface area contributed by atoms with Gasteiger partial charge in [-0.25, -0.2) is 4.98 Å². The minimum Gasteiger partial charge on any atom is -0.365 e. The predicted molar refractivity (Wildman–Crippen MR) is 69.8 cm³/mol. The molecule has 1 aliphatic rings. The predicted octanol–water partition coefficient (Wildman–Crippen LogP) is 2.40. The van der Waals surface area contributed by atoms with E-state index < -0.39 is 0 Å². The molecule has 1 unspecified atom stereocenters. The summed E-state index contributed by atoms with van der Waals surface area (Å²) >= 11 is 5.86. The lowest BCUT2D eigenvalue weighted by Crippen LogP contribution is -2.24. The Bertz CT molecular complexity index is 426. The van der Waals surface area contributed by atoms with Gasteiger partial charge in [-0.2, -0.15) is 0 Å². The van der Waals surface area contributed by atoms with E-state index in [0.717, 1.165) is 32.2 Å². The van der Waals surface area contributed by atoms with Crippen molar-refractivity contribution in [3.8, 4) is 0 Å². The van der Waals surface area contributed by atoms with E-state index in [1.54, 1.807) is 17.0 Å². The van der Waals surface area contributed by atoms with Gasteiger partial charge in [0.05, 0.1) is 0 Å². The molecule has 0 bridgehead atoms. The maximum atomic E-state index is 12.0. The number of hydrogen-bond acceptors (Lipinski definition) is 3. The zero-order valence-corrected chi connectivity index (χ0v) is 10.8. The summed E-state index contributed by atoms with van der Waals surface area (Å²) in [4.78, 5) is 16.1. The van der Waals surface area contributed by atoms with Crippen LogP contribution in [0.4, 0.5) is 5.82 Å². The van der Waals surface area contributed by atoms with E-state index >= 15 is 0 Å². The van der Waals surface area contributed by atoms with Gasteiger partial charge in [-0.05, 0) is 32.6 Å². The number of anilines is 1. The Morgan fingerprint density at radius 1 is 1.65 bits per heavy atom. The normalized spacial score (nSPS) is 16.8. The van der Waals surface area contributed by atoms with Crippen molar-refractivity contribution in [1.29, 1.82) is 0 Å². The molecular formula is C12H18ClN3O. The largest absolute Gasteiger partial charge is 0.365 e. The van der Waals surface area contributed by atoms with Gasteiger partial charge < -0.3 is 9.88 Å². The molecule has 1 aromatic heterocycles. The molecule has 17 heavy (non-hydrogen) atoms. The van der Waals surface area contributed by atoms with Crippen molar-refractivity contribution in [3.05, 3.63) is 22.7 Å². The van der Waals surface area contributed by atoms with Gasteiger partial charge in [0.25, 0.3) is 5.56 Å². The van der Waals surface area contributed by atoms with Crippen molar-refractivity contribution in [2.45, 2.75) is 44.0 Å². The third kappa shape index (κ3) is 3.46. The van der Waals surface area contributed by atoms with Gasteiger partial charge in [0, 0.05) is 30.4 Å². The van der Waals surface area contributed by atoms with Gasteiger partial charge in [0.1, 0.15) is 0 Å². The SMILES string of the molecule is CC(Cl)CCCNc1nccn(C2CC2)c1=O. The van der Waals surface area contributed by atoms with Gasteiger partial charge in [0.15, 0.2) is 5.82 Å². The summed E-state index contributed by atoms with van der Waals surface area (Å²) in [6.45, 7) is 2.72. The minimum atomic E-state index is -0.00563. The Hall–Kier alpha value is -1.03. The summed E-state index contributed by atoms with van der Waals surface area (Å²) in [7, 11) is 0.